The van der Waals surface area contributed by atoms with E-state index in [1.807, 2.05) is 36.4 Å². The van der Waals surface area contributed by atoms with E-state index in [0.29, 0.717) is 35.0 Å². The highest BCUT2D eigenvalue weighted by Crippen LogP contribution is 2.43. The normalized spacial score (nSPS) is 17.3. The van der Waals surface area contributed by atoms with Crippen LogP contribution in [0.4, 0.5) is 17.1 Å². The Morgan fingerprint density at radius 2 is 1.50 bits per heavy atom. The summed E-state index contributed by atoms with van der Waals surface area (Å²) in [5.74, 6) is 0.305. The van der Waals surface area contributed by atoms with Crippen molar-refractivity contribution in [1.82, 2.24) is 0 Å². The lowest BCUT2D eigenvalue weighted by Gasteiger charge is -2.41. The third kappa shape index (κ3) is 5.33. The van der Waals surface area contributed by atoms with Crippen molar-refractivity contribution >= 4 is 34.8 Å². The Labute approximate surface area is 210 Å². The number of carbonyl (C=O) groups excluding carboxylic acids is 3. The van der Waals surface area contributed by atoms with Crippen LogP contribution in [0.15, 0.2) is 72.8 Å². The molecule has 0 saturated carbocycles. The zero-order chi connectivity index (χ0) is 25.7. The maximum absolute atomic E-state index is 13.6. The van der Waals surface area contributed by atoms with E-state index < -0.39 is 12.0 Å². The SMILES string of the molecule is COc1ccc(N2C(=O)CC[C@H](C(=O)Nc3ccc(NC(C)=O)cc3)[C@H]2c2ccccc2OC)cc1. The average molecular weight is 488 g/mol. The second kappa shape index (κ2) is 10.9. The molecule has 8 heteroatoms. The third-order valence-electron chi connectivity index (χ3n) is 6.21. The standard InChI is InChI=1S/C28H29N3O5/c1-18(32)29-19-8-10-20(11-9-19)30-28(34)24-16-17-26(33)31(21-12-14-22(35-2)15-13-21)27(24)23-6-4-5-7-25(23)36-3/h4-15,24,27H,16-17H2,1-3H3,(H,29,32)(H,30,34)/t24-,27+/m0/s1. The third-order valence-corrected chi connectivity index (χ3v) is 6.21. The van der Waals surface area contributed by atoms with Gasteiger partial charge in [-0.3, -0.25) is 14.4 Å². The number of ether oxygens (including phenoxy) is 2. The van der Waals surface area contributed by atoms with Crippen LogP contribution in [0, 0.1) is 5.92 Å². The second-order valence-corrected chi connectivity index (χ2v) is 8.54. The lowest BCUT2D eigenvalue weighted by molar-refractivity contribution is -0.126. The summed E-state index contributed by atoms with van der Waals surface area (Å²) in [4.78, 5) is 39.9. The Hall–Kier alpha value is -4.33. The van der Waals surface area contributed by atoms with Crippen LogP contribution in [0.5, 0.6) is 11.5 Å². The zero-order valence-electron chi connectivity index (χ0n) is 20.5. The van der Waals surface area contributed by atoms with Gasteiger partial charge in [-0.15, -0.1) is 0 Å². The fraction of sp³-hybridized carbons (Fsp3) is 0.250. The molecule has 4 rings (SSSR count). The van der Waals surface area contributed by atoms with Crippen LogP contribution in [-0.2, 0) is 14.4 Å². The Morgan fingerprint density at radius 1 is 0.861 bits per heavy atom. The van der Waals surface area contributed by atoms with Crippen molar-refractivity contribution in [2.45, 2.75) is 25.8 Å². The molecule has 0 radical (unpaired) electrons. The van der Waals surface area contributed by atoms with Crippen molar-refractivity contribution in [2.75, 3.05) is 29.8 Å². The molecule has 1 aliphatic heterocycles. The summed E-state index contributed by atoms with van der Waals surface area (Å²) in [7, 11) is 3.16. The van der Waals surface area contributed by atoms with E-state index in [0.717, 1.165) is 5.56 Å². The smallest absolute Gasteiger partial charge is 0.229 e. The van der Waals surface area contributed by atoms with Crippen LogP contribution in [0.3, 0.4) is 0 Å². The molecule has 3 aromatic carbocycles. The quantitative estimate of drug-likeness (QED) is 0.500. The molecule has 0 bridgehead atoms. The summed E-state index contributed by atoms with van der Waals surface area (Å²) >= 11 is 0. The summed E-state index contributed by atoms with van der Waals surface area (Å²) in [5, 5.41) is 5.69. The van der Waals surface area contributed by atoms with Crippen molar-refractivity contribution in [3.8, 4) is 11.5 Å². The fourth-order valence-electron chi connectivity index (χ4n) is 4.56. The monoisotopic (exact) mass is 487 g/mol. The average Bonchev–Trinajstić information content (AvgIpc) is 2.89. The van der Waals surface area contributed by atoms with Gasteiger partial charge < -0.3 is 25.0 Å². The lowest BCUT2D eigenvalue weighted by Crippen LogP contribution is -2.47. The molecule has 1 fully saturated rings. The van der Waals surface area contributed by atoms with Gasteiger partial charge in [0.2, 0.25) is 17.7 Å². The number of benzene rings is 3. The first-order chi connectivity index (χ1) is 17.4. The number of anilines is 3. The number of nitrogens with one attached hydrogen (secondary N) is 2. The Balaban J connectivity index is 1.70. The predicted molar refractivity (Wildman–Crippen MR) is 138 cm³/mol. The zero-order valence-corrected chi connectivity index (χ0v) is 20.5. The molecular formula is C28H29N3O5. The molecule has 1 aliphatic rings. The summed E-state index contributed by atoms with van der Waals surface area (Å²) in [5.41, 5.74) is 2.67. The first-order valence-electron chi connectivity index (χ1n) is 11.7. The molecule has 1 heterocycles. The van der Waals surface area contributed by atoms with E-state index >= 15 is 0 Å². The lowest BCUT2D eigenvalue weighted by atomic mass is 9.82. The van der Waals surface area contributed by atoms with Gasteiger partial charge in [0.15, 0.2) is 0 Å². The summed E-state index contributed by atoms with van der Waals surface area (Å²) in [6.45, 7) is 1.44. The Bertz CT molecular complexity index is 1240. The molecule has 2 atom stereocenters. The maximum atomic E-state index is 13.6. The van der Waals surface area contributed by atoms with Crippen LogP contribution in [-0.4, -0.2) is 31.9 Å². The Kier molecular flexibility index (Phi) is 7.53. The van der Waals surface area contributed by atoms with Crippen molar-refractivity contribution in [3.63, 3.8) is 0 Å². The molecule has 0 aromatic heterocycles. The van der Waals surface area contributed by atoms with E-state index in [-0.39, 0.29) is 24.1 Å². The number of carbonyl (C=O) groups is 3. The minimum absolute atomic E-state index is 0.0696. The molecule has 2 N–H and O–H groups in total. The number of nitrogens with zero attached hydrogens (tertiary/aromatic N) is 1. The first kappa shape index (κ1) is 24.8. The van der Waals surface area contributed by atoms with Gasteiger partial charge in [0.25, 0.3) is 0 Å². The van der Waals surface area contributed by atoms with Gasteiger partial charge in [-0.05, 0) is 61.0 Å². The molecule has 36 heavy (non-hydrogen) atoms. The van der Waals surface area contributed by atoms with E-state index in [2.05, 4.69) is 10.6 Å². The van der Waals surface area contributed by atoms with Gasteiger partial charge >= 0.3 is 0 Å². The molecule has 0 unspecified atom stereocenters. The van der Waals surface area contributed by atoms with Crippen LogP contribution in [0.2, 0.25) is 0 Å². The number of hydrogen-bond acceptors (Lipinski definition) is 5. The van der Waals surface area contributed by atoms with Gasteiger partial charge in [-0.1, -0.05) is 18.2 Å². The molecule has 8 nitrogen and oxygen atoms in total. The van der Waals surface area contributed by atoms with Crippen molar-refractivity contribution in [1.29, 1.82) is 0 Å². The minimum atomic E-state index is -0.575. The molecule has 0 aliphatic carbocycles. The van der Waals surface area contributed by atoms with E-state index in [1.54, 1.807) is 55.5 Å². The van der Waals surface area contributed by atoms with Crippen LogP contribution >= 0.6 is 0 Å². The molecule has 3 aromatic rings. The highest BCUT2D eigenvalue weighted by molar-refractivity contribution is 6.00. The van der Waals surface area contributed by atoms with Gasteiger partial charge in [0, 0.05) is 36.0 Å². The molecule has 0 spiro atoms. The van der Waals surface area contributed by atoms with Gasteiger partial charge in [0.05, 0.1) is 26.2 Å². The van der Waals surface area contributed by atoms with Crippen LogP contribution < -0.4 is 25.0 Å². The van der Waals surface area contributed by atoms with Crippen molar-refractivity contribution < 1.29 is 23.9 Å². The summed E-state index contributed by atoms with van der Waals surface area (Å²) in [6.07, 6.45) is 0.626. The molecule has 3 amide bonds. The van der Waals surface area contributed by atoms with Crippen molar-refractivity contribution in [2.24, 2.45) is 5.92 Å². The maximum Gasteiger partial charge on any atom is 0.229 e. The number of para-hydroxylation sites is 1. The summed E-state index contributed by atoms with van der Waals surface area (Å²) < 4.78 is 10.9. The van der Waals surface area contributed by atoms with Crippen LogP contribution in [0.25, 0.3) is 0 Å². The number of rotatable bonds is 7. The Morgan fingerprint density at radius 3 is 2.11 bits per heavy atom. The van der Waals surface area contributed by atoms with Gasteiger partial charge in [-0.25, -0.2) is 0 Å². The van der Waals surface area contributed by atoms with Gasteiger partial charge in [0.1, 0.15) is 11.5 Å². The summed E-state index contributed by atoms with van der Waals surface area (Å²) in [6, 6.07) is 21.0. The van der Waals surface area contributed by atoms with Crippen LogP contribution in [0.1, 0.15) is 31.4 Å². The molecular weight excluding hydrogens is 458 g/mol. The van der Waals surface area contributed by atoms with E-state index in [1.165, 1.54) is 6.92 Å². The minimum Gasteiger partial charge on any atom is -0.497 e. The molecule has 1 saturated heterocycles. The number of piperidine rings is 1. The van der Waals surface area contributed by atoms with E-state index in [4.69, 9.17) is 9.47 Å². The second-order valence-electron chi connectivity index (χ2n) is 8.54. The molecule has 186 valence electrons. The highest BCUT2D eigenvalue weighted by atomic mass is 16.5. The van der Waals surface area contributed by atoms with E-state index in [9.17, 15) is 14.4 Å². The fourth-order valence-corrected chi connectivity index (χ4v) is 4.56. The topological polar surface area (TPSA) is 97.0 Å². The predicted octanol–water partition coefficient (Wildman–Crippen LogP) is 4.79. The van der Waals surface area contributed by atoms with Gasteiger partial charge in [-0.2, -0.15) is 0 Å². The number of methoxy groups -OCH3 is 2. The number of amides is 3. The first-order valence-corrected chi connectivity index (χ1v) is 11.7. The highest BCUT2D eigenvalue weighted by Gasteiger charge is 2.42. The largest absolute Gasteiger partial charge is 0.497 e. The van der Waals surface area contributed by atoms with Crippen molar-refractivity contribution in [3.05, 3.63) is 78.4 Å². The number of hydrogen-bond donors (Lipinski definition) is 2.